The fourth-order valence-electron chi connectivity index (χ4n) is 0.531. The molecule has 0 aromatic rings. The molecule has 0 heterocycles. The van der Waals surface area contributed by atoms with Crippen molar-refractivity contribution < 1.29 is 10.0 Å². The molecule has 0 saturated heterocycles. The maximum atomic E-state index is 10.6. The Bertz CT molecular complexity index is 317. The molecule has 0 spiro atoms. The number of rotatable bonds is 5. The van der Waals surface area contributed by atoms with Gasteiger partial charge in [0.15, 0.2) is 4.36 Å². The smallest absolute Gasteiger partial charge is 0.314 e. The van der Waals surface area contributed by atoms with Gasteiger partial charge in [-0.2, -0.15) is 0 Å². The van der Waals surface area contributed by atoms with E-state index in [1.54, 1.807) is 0 Å². The highest BCUT2D eigenvalue weighted by molar-refractivity contribution is 9.12. The van der Waals surface area contributed by atoms with Crippen LogP contribution in [0.2, 0.25) is 0 Å². The second-order valence-corrected chi connectivity index (χ2v) is 5.74. The maximum Gasteiger partial charge on any atom is 0.314 e. The quantitative estimate of drug-likeness (QED) is 0.465. The lowest BCUT2D eigenvalue weighted by Crippen LogP contribution is -2.01. The van der Waals surface area contributed by atoms with Crippen LogP contribution in [0.25, 0.3) is 0 Å². The molecule has 86 valence electrons. The van der Waals surface area contributed by atoms with Crippen molar-refractivity contribution in [3.8, 4) is 0 Å². The lowest BCUT2D eigenvalue weighted by atomic mass is 10.5. The van der Waals surface area contributed by atoms with Crippen LogP contribution in [0.15, 0.2) is 19.0 Å². The first-order valence-corrected chi connectivity index (χ1v) is 6.32. The molecule has 0 rings (SSSR count). The molecule has 0 aromatic heterocycles. The van der Waals surface area contributed by atoms with Crippen LogP contribution in [0, 0.1) is 10.1 Å². The fourth-order valence-corrected chi connectivity index (χ4v) is 2.06. The molecule has 4 nitrogen and oxygen atoms in total. The summed E-state index contributed by atoms with van der Waals surface area (Å²) in [7, 11) is 0. The Morgan fingerprint density at radius 3 is 2.33 bits per heavy atom. The van der Waals surface area contributed by atoms with Crippen LogP contribution in [0.3, 0.4) is 0 Å². The highest BCUT2D eigenvalue weighted by Crippen LogP contribution is 2.34. The highest BCUT2D eigenvalue weighted by Gasteiger charge is 2.24. The van der Waals surface area contributed by atoms with Crippen LogP contribution in [-0.4, -0.2) is 22.4 Å². The Balaban J connectivity index is 5.12. The first-order valence-electron chi connectivity index (χ1n) is 3.40. The highest BCUT2D eigenvalue weighted by atomic mass is 79.9. The average Bonchev–Trinajstić information content (AvgIpc) is 2.14. The SMILES string of the molecule is O=[N+]([O-])C(=C(/Cl)SCCO)/C(Cl)=C(/Cl)Br. The number of hydrogen-bond donors (Lipinski definition) is 1. The van der Waals surface area contributed by atoms with Gasteiger partial charge in [0.25, 0.3) is 0 Å². The van der Waals surface area contributed by atoms with Crippen molar-refractivity contribution in [2.24, 2.45) is 0 Å². The van der Waals surface area contributed by atoms with Crippen molar-refractivity contribution in [1.29, 1.82) is 0 Å². The standard InChI is InChI=1S/C6H5BrCl3NO3S/c7-5(9)3(8)4(11(13)14)6(10)15-2-1-12/h12H,1-2H2/b5-3-,6-4-. The Kier molecular flexibility index (Phi) is 8.03. The van der Waals surface area contributed by atoms with Gasteiger partial charge in [-0.05, 0) is 15.9 Å². The predicted octanol–water partition coefficient (Wildman–Crippen LogP) is 3.44. The summed E-state index contributed by atoms with van der Waals surface area (Å²) in [5.74, 6) is 0.236. The van der Waals surface area contributed by atoms with E-state index in [0.717, 1.165) is 11.8 Å². The number of halogens is 4. The van der Waals surface area contributed by atoms with Gasteiger partial charge in [-0.3, -0.25) is 10.1 Å². The summed E-state index contributed by atoms with van der Waals surface area (Å²) < 4.78 is -0.227. The molecule has 0 unspecified atom stereocenters. The zero-order valence-corrected chi connectivity index (χ0v) is 11.7. The number of aliphatic hydroxyl groups excluding tert-OH is 1. The summed E-state index contributed by atoms with van der Waals surface area (Å²) in [6.07, 6.45) is 0. The van der Waals surface area contributed by atoms with Crippen molar-refractivity contribution in [2.45, 2.75) is 0 Å². The lowest BCUT2D eigenvalue weighted by Gasteiger charge is -2.00. The monoisotopic (exact) mass is 355 g/mol. The van der Waals surface area contributed by atoms with Crippen LogP contribution < -0.4 is 0 Å². The molecule has 15 heavy (non-hydrogen) atoms. The van der Waals surface area contributed by atoms with Gasteiger partial charge in [-0.15, -0.1) is 11.8 Å². The Morgan fingerprint density at radius 2 is 2.00 bits per heavy atom. The normalized spacial score (nSPS) is 14.5. The first-order chi connectivity index (χ1) is 6.91. The molecule has 0 atom stereocenters. The molecule has 9 heteroatoms. The van der Waals surface area contributed by atoms with Gasteiger partial charge in [0.2, 0.25) is 0 Å². The van der Waals surface area contributed by atoms with Gasteiger partial charge < -0.3 is 5.11 Å². The van der Waals surface area contributed by atoms with Crippen molar-refractivity contribution in [3.05, 3.63) is 29.1 Å². The third kappa shape index (κ3) is 5.42. The van der Waals surface area contributed by atoms with Gasteiger partial charge >= 0.3 is 5.70 Å². The van der Waals surface area contributed by atoms with Crippen LogP contribution in [-0.2, 0) is 0 Å². The minimum absolute atomic E-state index is 0.0985. The number of allylic oxidation sites excluding steroid dienone is 1. The van der Waals surface area contributed by atoms with E-state index in [4.69, 9.17) is 39.9 Å². The van der Waals surface area contributed by atoms with E-state index >= 15 is 0 Å². The topological polar surface area (TPSA) is 63.4 Å². The maximum absolute atomic E-state index is 10.6. The summed E-state index contributed by atoms with van der Waals surface area (Å²) in [4.78, 5) is 9.90. The number of aliphatic hydroxyl groups is 1. The van der Waals surface area contributed by atoms with E-state index in [1.807, 2.05) is 0 Å². The van der Waals surface area contributed by atoms with E-state index in [1.165, 1.54) is 0 Å². The van der Waals surface area contributed by atoms with Crippen LogP contribution in [0.1, 0.15) is 0 Å². The molecule has 0 aliphatic carbocycles. The van der Waals surface area contributed by atoms with Crippen LogP contribution in [0.4, 0.5) is 0 Å². The zero-order chi connectivity index (χ0) is 12.0. The Labute approximate surface area is 114 Å². The first kappa shape index (κ1) is 15.5. The molecule has 0 bridgehead atoms. The number of nitro groups is 1. The number of hydrogen-bond acceptors (Lipinski definition) is 4. The summed E-state index contributed by atoms with van der Waals surface area (Å²) >= 11 is 20.4. The molecular formula is C6H5BrCl3NO3S. The fraction of sp³-hybridized carbons (Fsp3) is 0.333. The van der Waals surface area contributed by atoms with E-state index in [-0.39, 0.29) is 25.7 Å². The van der Waals surface area contributed by atoms with Gasteiger partial charge in [0, 0.05) is 5.75 Å². The number of nitrogens with zero attached hydrogens (tertiary/aromatic N) is 1. The second-order valence-electron chi connectivity index (χ2n) is 2.03. The summed E-state index contributed by atoms with van der Waals surface area (Å²) in [5.41, 5.74) is -0.487. The summed E-state index contributed by atoms with van der Waals surface area (Å²) in [6, 6.07) is 0. The molecule has 0 aliphatic rings. The predicted molar refractivity (Wildman–Crippen MR) is 67.1 cm³/mol. The van der Waals surface area contributed by atoms with E-state index in [2.05, 4.69) is 15.9 Å². The summed E-state index contributed by atoms with van der Waals surface area (Å²) in [5, 5.41) is 18.9. The van der Waals surface area contributed by atoms with Crippen molar-refractivity contribution in [2.75, 3.05) is 12.4 Å². The van der Waals surface area contributed by atoms with Gasteiger partial charge in [0.1, 0.15) is 8.97 Å². The van der Waals surface area contributed by atoms with Crippen molar-refractivity contribution in [1.82, 2.24) is 0 Å². The molecule has 0 fully saturated rings. The Morgan fingerprint density at radius 1 is 1.47 bits per heavy atom. The van der Waals surface area contributed by atoms with Gasteiger partial charge in [-0.25, -0.2) is 0 Å². The lowest BCUT2D eigenvalue weighted by molar-refractivity contribution is -0.419. The van der Waals surface area contributed by atoms with E-state index in [9.17, 15) is 10.1 Å². The van der Waals surface area contributed by atoms with Gasteiger partial charge in [0.05, 0.1) is 11.5 Å². The molecular weight excluding hydrogens is 352 g/mol. The average molecular weight is 357 g/mol. The minimum Gasteiger partial charge on any atom is -0.396 e. The largest absolute Gasteiger partial charge is 0.396 e. The van der Waals surface area contributed by atoms with E-state index < -0.39 is 10.6 Å². The molecule has 0 amide bonds. The van der Waals surface area contributed by atoms with Crippen LogP contribution >= 0.6 is 62.5 Å². The third-order valence-electron chi connectivity index (χ3n) is 1.06. The number of thioether (sulfide) groups is 1. The Hall–Kier alpha value is 0.540. The van der Waals surface area contributed by atoms with Crippen molar-refractivity contribution in [3.63, 3.8) is 0 Å². The zero-order valence-electron chi connectivity index (χ0n) is 7.05. The third-order valence-corrected chi connectivity index (χ3v) is 3.68. The minimum atomic E-state index is -0.737. The molecule has 1 N–H and O–H groups in total. The molecule has 0 aromatic carbocycles. The van der Waals surface area contributed by atoms with Gasteiger partial charge in [-0.1, -0.05) is 34.8 Å². The molecule has 0 saturated carbocycles. The molecule has 0 aliphatic heterocycles. The summed E-state index contributed by atoms with van der Waals surface area (Å²) in [6.45, 7) is -0.144. The second kappa shape index (κ2) is 7.76. The molecule has 0 radical (unpaired) electrons. The van der Waals surface area contributed by atoms with Crippen molar-refractivity contribution >= 4 is 62.5 Å². The van der Waals surface area contributed by atoms with Crippen LogP contribution in [0.5, 0.6) is 0 Å². The van der Waals surface area contributed by atoms with E-state index in [0.29, 0.717) is 0 Å².